The Kier molecular flexibility index (Phi) is 4.55. The lowest BCUT2D eigenvalue weighted by Crippen LogP contribution is -2.48. The third-order valence-electron chi connectivity index (χ3n) is 4.60. The molecule has 0 unspecified atom stereocenters. The van der Waals surface area contributed by atoms with Gasteiger partial charge < -0.3 is 4.90 Å². The summed E-state index contributed by atoms with van der Waals surface area (Å²) in [5.74, 6) is 0.515. The number of thioether (sulfide) groups is 2. The molecule has 134 valence electrons. The molecule has 2 atom stereocenters. The Hall–Kier alpha value is -2.02. The van der Waals surface area contributed by atoms with Crippen LogP contribution in [0.2, 0.25) is 0 Å². The molecule has 0 spiro atoms. The fourth-order valence-corrected chi connectivity index (χ4v) is 6.57. The fraction of sp³-hybridized carbons (Fsp3) is 0.143. The highest BCUT2D eigenvalue weighted by atomic mass is 32.2. The van der Waals surface area contributed by atoms with E-state index in [0.717, 1.165) is 25.1 Å². The van der Waals surface area contributed by atoms with Gasteiger partial charge in [-0.3, -0.25) is 4.79 Å². The number of thiazole rings is 1. The van der Waals surface area contributed by atoms with E-state index < -0.39 is 0 Å². The molecule has 5 rings (SSSR count). The summed E-state index contributed by atoms with van der Waals surface area (Å²) in [5, 5.41) is 0.265. The molecule has 3 aromatic rings. The van der Waals surface area contributed by atoms with Gasteiger partial charge in [0.2, 0.25) is 5.91 Å². The largest absolute Gasteiger partial charge is 0.302 e. The van der Waals surface area contributed by atoms with Crippen molar-refractivity contribution in [2.75, 3.05) is 10.7 Å². The van der Waals surface area contributed by atoms with Gasteiger partial charge in [0, 0.05) is 4.90 Å². The third kappa shape index (κ3) is 3.22. The van der Waals surface area contributed by atoms with Crippen molar-refractivity contribution < 1.29 is 4.79 Å². The number of fused-ring (bicyclic) bond motifs is 3. The number of hydrogen-bond acceptors (Lipinski definition) is 5. The molecule has 1 aromatic heterocycles. The number of para-hydroxylation sites is 2. The minimum atomic E-state index is 0.0679. The molecule has 3 nitrogen and oxygen atoms in total. The molecule has 1 aliphatic carbocycles. The average molecular weight is 409 g/mol. The Morgan fingerprint density at radius 1 is 1.07 bits per heavy atom. The van der Waals surface area contributed by atoms with Crippen LogP contribution in [0.15, 0.2) is 82.1 Å². The second kappa shape index (κ2) is 7.19. The molecule has 1 aliphatic heterocycles. The van der Waals surface area contributed by atoms with Crippen molar-refractivity contribution in [2.24, 2.45) is 0 Å². The zero-order valence-corrected chi connectivity index (χ0v) is 16.8. The van der Waals surface area contributed by atoms with Crippen molar-refractivity contribution in [3.63, 3.8) is 0 Å². The Bertz CT molecular complexity index is 1040. The van der Waals surface area contributed by atoms with Crippen molar-refractivity contribution in [3.05, 3.63) is 72.8 Å². The predicted octanol–water partition coefficient (Wildman–Crippen LogP) is 5.39. The maximum Gasteiger partial charge on any atom is 0.238 e. The first-order chi connectivity index (χ1) is 13.3. The van der Waals surface area contributed by atoms with Crippen LogP contribution in [-0.2, 0) is 4.79 Å². The van der Waals surface area contributed by atoms with Gasteiger partial charge in [0.15, 0.2) is 4.34 Å². The first-order valence-electron chi connectivity index (χ1n) is 8.71. The van der Waals surface area contributed by atoms with E-state index in [0.29, 0.717) is 5.75 Å². The minimum absolute atomic E-state index is 0.0679. The molecule has 0 saturated heterocycles. The van der Waals surface area contributed by atoms with Crippen molar-refractivity contribution in [1.29, 1.82) is 0 Å². The van der Waals surface area contributed by atoms with Gasteiger partial charge in [-0.15, -0.1) is 23.1 Å². The van der Waals surface area contributed by atoms with E-state index in [1.165, 1.54) is 11.8 Å². The van der Waals surface area contributed by atoms with Crippen molar-refractivity contribution >= 4 is 56.7 Å². The second-order valence-electron chi connectivity index (χ2n) is 6.31. The highest BCUT2D eigenvalue weighted by Gasteiger charge is 2.36. The summed E-state index contributed by atoms with van der Waals surface area (Å²) < 4.78 is 2.10. The third-order valence-corrected chi connectivity index (χ3v) is 8.08. The molecule has 0 fully saturated rings. The summed E-state index contributed by atoms with van der Waals surface area (Å²) in [6.45, 7) is 0. The van der Waals surface area contributed by atoms with Gasteiger partial charge in [-0.2, -0.15) is 0 Å². The topological polar surface area (TPSA) is 33.2 Å². The number of carbonyl (C=O) groups is 1. The maximum atomic E-state index is 13.2. The number of hydrogen-bond donors (Lipinski definition) is 0. The Morgan fingerprint density at radius 2 is 1.89 bits per heavy atom. The van der Waals surface area contributed by atoms with E-state index >= 15 is 0 Å². The number of rotatable bonds is 3. The number of nitrogens with zero attached hydrogens (tertiary/aromatic N) is 2. The number of carbonyl (C=O) groups excluding carboxylic acids is 1. The lowest BCUT2D eigenvalue weighted by atomic mass is 10.0. The zero-order valence-electron chi connectivity index (χ0n) is 14.3. The number of benzene rings is 2. The molecule has 2 aliphatic rings. The Labute approximate surface area is 170 Å². The molecule has 0 bridgehead atoms. The van der Waals surface area contributed by atoms with Crippen LogP contribution in [0.25, 0.3) is 10.2 Å². The number of aromatic nitrogens is 1. The predicted molar refractivity (Wildman–Crippen MR) is 116 cm³/mol. The van der Waals surface area contributed by atoms with Crippen LogP contribution in [0, 0.1) is 0 Å². The molecule has 0 N–H and O–H groups in total. The van der Waals surface area contributed by atoms with Gasteiger partial charge in [0.25, 0.3) is 0 Å². The van der Waals surface area contributed by atoms with Crippen LogP contribution in [0.5, 0.6) is 0 Å². The molecule has 0 radical (unpaired) electrons. The van der Waals surface area contributed by atoms with Crippen LogP contribution in [-0.4, -0.2) is 27.9 Å². The fourth-order valence-electron chi connectivity index (χ4n) is 3.39. The smallest absolute Gasteiger partial charge is 0.238 e. The van der Waals surface area contributed by atoms with E-state index in [4.69, 9.17) is 0 Å². The molecule has 2 heterocycles. The van der Waals surface area contributed by atoms with E-state index in [-0.39, 0.29) is 17.2 Å². The van der Waals surface area contributed by atoms with Crippen molar-refractivity contribution in [2.45, 2.75) is 20.5 Å². The van der Waals surface area contributed by atoms with Crippen LogP contribution < -0.4 is 4.90 Å². The Balaban J connectivity index is 1.41. The molecule has 6 heteroatoms. The monoisotopic (exact) mass is 408 g/mol. The highest BCUT2D eigenvalue weighted by molar-refractivity contribution is 8.01. The highest BCUT2D eigenvalue weighted by Crippen LogP contribution is 2.44. The normalized spacial score (nSPS) is 20.5. The summed E-state index contributed by atoms with van der Waals surface area (Å²) in [5.41, 5.74) is 2.01. The van der Waals surface area contributed by atoms with Gasteiger partial charge in [-0.25, -0.2) is 4.98 Å². The first-order valence-corrected chi connectivity index (χ1v) is 11.4. The average Bonchev–Trinajstić information content (AvgIpc) is 3.13. The number of amides is 1. The van der Waals surface area contributed by atoms with Crippen LogP contribution >= 0.6 is 34.9 Å². The van der Waals surface area contributed by atoms with Crippen LogP contribution in [0.4, 0.5) is 5.69 Å². The maximum absolute atomic E-state index is 13.2. The van der Waals surface area contributed by atoms with Crippen molar-refractivity contribution in [3.8, 4) is 0 Å². The summed E-state index contributed by atoms with van der Waals surface area (Å²) in [6, 6.07) is 16.3. The van der Waals surface area contributed by atoms with Gasteiger partial charge in [0.05, 0.1) is 32.9 Å². The lowest BCUT2D eigenvalue weighted by Gasteiger charge is -2.40. The van der Waals surface area contributed by atoms with Gasteiger partial charge >= 0.3 is 0 Å². The minimum Gasteiger partial charge on any atom is -0.302 e. The quantitative estimate of drug-likeness (QED) is 0.544. The Morgan fingerprint density at radius 3 is 2.81 bits per heavy atom. The molecule has 1 amide bonds. The van der Waals surface area contributed by atoms with E-state index in [9.17, 15) is 4.79 Å². The van der Waals surface area contributed by atoms with Crippen LogP contribution in [0.3, 0.4) is 0 Å². The summed E-state index contributed by atoms with van der Waals surface area (Å²) in [6.07, 6.45) is 8.43. The van der Waals surface area contributed by atoms with Crippen molar-refractivity contribution in [1.82, 2.24) is 4.98 Å². The summed E-state index contributed by atoms with van der Waals surface area (Å²) in [4.78, 5) is 21.0. The van der Waals surface area contributed by atoms with E-state index in [2.05, 4.69) is 35.3 Å². The summed E-state index contributed by atoms with van der Waals surface area (Å²) in [7, 11) is 0. The SMILES string of the molecule is O=C(CSc1nc2ccccc2s1)N1c2ccccc2S[C@H]2C=CC=C[C@H]21. The molecule has 27 heavy (non-hydrogen) atoms. The standard InChI is InChI=1S/C21H16N2OS3/c24-20(13-25-21-22-14-7-1-4-10-17(14)27-21)23-15-8-2-5-11-18(15)26-19-12-6-3-9-16(19)23/h1-12,15,18H,13H2/t15-,18+/m1/s1. The summed E-state index contributed by atoms with van der Waals surface area (Å²) >= 11 is 5.01. The molecule has 2 aromatic carbocycles. The molecular weight excluding hydrogens is 392 g/mol. The lowest BCUT2D eigenvalue weighted by molar-refractivity contribution is -0.116. The van der Waals surface area contributed by atoms with Gasteiger partial charge in [-0.05, 0) is 24.3 Å². The van der Waals surface area contributed by atoms with Crippen LogP contribution in [0.1, 0.15) is 0 Å². The number of allylic oxidation sites excluding steroid dienone is 2. The first kappa shape index (κ1) is 17.1. The molecule has 0 saturated carbocycles. The number of anilines is 1. The zero-order chi connectivity index (χ0) is 18.2. The van der Waals surface area contributed by atoms with Gasteiger partial charge in [0.1, 0.15) is 0 Å². The molecular formula is C21H16N2OS3. The van der Waals surface area contributed by atoms with E-state index in [1.807, 2.05) is 59.1 Å². The van der Waals surface area contributed by atoms with Gasteiger partial charge in [-0.1, -0.05) is 60.3 Å². The second-order valence-corrected chi connectivity index (χ2v) is 9.78. The van der Waals surface area contributed by atoms with E-state index in [1.54, 1.807) is 11.3 Å².